The molecule has 0 bridgehead atoms. The van der Waals surface area contributed by atoms with Crippen molar-refractivity contribution in [3.05, 3.63) is 88.4 Å². The topological polar surface area (TPSA) is 106 Å². The van der Waals surface area contributed by atoms with Gasteiger partial charge in [0.15, 0.2) is 0 Å². The van der Waals surface area contributed by atoms with Gasteiger partial charge >= 0.3 is 0 Å². The molecule has 0 aliphatic carbocycles. The summed E-state index contributed by atoms with van der Waals surface area (Å²) in [6.07, 6.45) is 2.37. The minimum absolute atomic E-state index is 0.0394. The van der Waals surface area contributed by atoms with Crippen LogP contribution in [-0.4, -0.2) is 40.3 Å². The standard InChI is InChI=1S/C26H28ClN3O5S/c1-3-35-29-17-21-10-8-20(9-11-21)12-13-34-23-15-19(2)14-22(16-23)28-18-26(31)30-36(32,33)25-7-5-4-6-24(25)27/h4-11,14-17,28H,3,12-13,18H2,1-2H3,(H,30,31). The second-order valence-corrected chi connectivity index (χ2v) is 9.90. The number of ether oxygens (including phenoxy) is 1. The number of amides is 1. The highest BCUT2D eigenvalue weighted by Crippen LogP contribution is 2.22. The molecule has 1 amide bonds. The largest absolute Gasteiger partial charge is 0.493 e. The number of sulfonamides is 1. The van der Waals surface area contributed by atoms with E-state index in [0.717, 1.165) is 16.7 Å². The lowest BCUT2D eigenvalue weighted by Crippen LogP contribution is -2.35. The number of hydrogen-bond acceptors (Lipinski definition) is 7. The summed E-state index contributed by atoms with van der Waals surface area (Å²) >= 11 is 5.94. The molecule has 3 aromatic carbocycles. The number of nitrogens with zero attached hydrogens (tertiary/aromatic N) is 1. The fourth-order valence-corrected chi connectivity index (χ4v) is 4.75. The Morgan fingerprint density at radius 1 is 1.08 bits per heavy atom. The van der Waals surface area contributed by atoms with Gasteiger partial charge in [-0.15, -0.1) is 0 Å². The number of carbonyl (C=O) groups excluding carboxylic acids is 1. The van der Waals surface area contributed by atoms with Crippen LogP contribution in [0.5, 0.6) is 5.75 Å². The number of halogens is 1. The molecule has 0 saturated heterocycles. The molecule has 0 unspecified atom stereocenters. The van der Waals surface area contributed by atoms with Crippen LogP contribution in [0, 0.1) is 6.92 Å². The van der Waals surface area contributed by atoms with Gasteiger partial charge in [-0.2, -0.15) is 0 Å². The van der Waals surface area contributed by atoms with Gasteiger partial charge in [0.1, 0.15) is 17.3 Å². The zero-order chi connectivity index (χ0) is 26.0. The molecular formula is C26H28ClN3O5S. The molecule has 3 aromatic rings. The summed E-state index contributed by atoms with van der Waals surface area (Å²) in [7, 11) is -4.07. The minimum Gasteiger partial charge on any atom is -0.493 e. The van der Waals surface area contributed by atoms with Crippen molar-refractivity contribution >= 4 is 39.4 Å². The SMILES string of the molecule is CCON=Cc1ccc(CCOc2cc(C)cc(NCC(=O)NS(=O)(=O)c3ccccc3Cl)c2)cc1. The average Bonchev–Trinajstić information content (AvgIpc) is 2.83. The number of nitrogens with one attached hydrogen (secondary N) is 2. The lowest BCUT2D eigenvalue weighted by atomic mass is 10.1. The monoisotopic (exact) mass is 529 g/mol. The van der Waals surface area contributed by atoms with E-state index in [9.17, 15) is 13.2 Å². The maximum Gasteiger partial charge on any atom is 0.265 e. The summed E-state index contributed by atoms with van der Waals surface area (Å²) < 4.78 is 32.8. The van der Waals surface area contributed by atoms with E-state index < -0.39 is 15.9 Å². The van der Waals surface area contributed by atoms with E-state index in [2.05, 4.69) is 10.5 Å². The molecule has 0 aliphatic rings. The molecule has 190 valence electrons. The van der Waals surface area contributed by atoms with E-state index in [4.69, 9.17) is 21.2 Å². The lowest BCUT2D eigenvalue weighted by molar-refractivity contribution is -0.117. The van der Waals surface area contributed by atoms with Crippen molar-refractivity contribution in [1.82, 2.24) is 4.72 Å². The van der Waals surface area contributed by atoms with Crippen LogP contribution < -0.4 is 14.8 Å². The van der Waals surface area contributed by atoms with Crippen molar-refractivity contribution in [2.45, 2.75) is 25.2 Å². The number of rotatable bonds is 12. The Kier molecular flexibility index (Phi) is 9.72. The van der Waals surface area contributed by atoms with Crippen molar-refractivity contribution < 1.29 is 22.8 Å². The molecule has 3 rings (SSSR count). The van der Waals surface area contributed by atoms with Crippen LogP contribution in [-0.2, 0) is 26.1 Å². The molecule has 0 spiro atoms. The third-order valence-corrected chi connectivity index (χ3v) is 6.80. The summed E-state index contributed by atoms with van der Waals surface area (Å²) in [4.78, 5) is 17.1. The predicted molar refractivity (Wildman–Crippen MR) is 141 cm³/mol. The normalized spacial score (nSPS) is 11.3. The molecule has 0 aromatic heterocycles. The van der Waals surface area contributed by atoms with Gasteiger partial charge in [0, 0.05) is 18.2 Å². The summed E-state index contributed by atoms with van der Waals surface area (Å²) in [5, 5.41) is 6.83. The highest BCUT2D eigenvalue weighted by molar-refractivity contribution is 7.90. The first-order chi connectivity index (χ1) is 17.3. The Bertz CT molecular complexity index is 1310. The summed E-state index contributed by atoms with van der Waals surface area (Å²) in [5.74, 6) is -0.0734. The number of oxime groups is 1. The van der Waals surface area contributed by atoms with Crippen LogP contribution in [0.2, 0.25) is 5.02 Å². The Hall–Kier alpha value is -3.56. The quantitative estimate of drug-likeness (QED) is 0.263. The molecule has 0 aliphatic heterocycles. The van der Waals surface area contributed by atoms with Gasteiger partial charge in [-0.1, -0.05) is 53.2 Å². The van der Waals surface area contributed by atoms with E-state index in [0.29, 0.717) is 31.1 Å². The number of benzene rings is 3. The Labute approximate surface area is 216 Å². The summed E-state index contributed by atoms with van der Waals surface area (Å²) in [6.45, 7) is 4.53. The van der Waals surface area contributed by atoms with Gasteiger partial charge in [-0.05, 0) is 54.8 Å². The minimum atomic E-state index is -4.07. The smallest absolute Gasteiger partial charge is 0.265 e. The second kappa shape index (κ2) is 12.9. The second-order valence-electron chi connectivity index (χ2n) is 7.84. The fraction of sp³-hybridized carbons (Fsp3) is 0.231. The van der Waals surface area contributed by atoms with Gasteiger partial charge in [0.25, 0.3) is 15.9 Å². The van der Waals surface area contributed by atoms with Gasteiger partial charge in [0.2, 0.25) is 0 Å². The van der Waals surface area contributed by atoms with Crippen molar-refractivity contribution in [1.29, 1.82) is 0 Å². The zero-order valence-corrected chi connectivity index (χ0v) is 21.6. The Balaban J connectivity index is 1.51. The number of anilines is 1. The molecule has 10 heteroatoms. The van der Waals surface area contributed by atoms with Crippen LogP contribution in [0.3, 0.4) is 0 Å². The van der Waals surface area contributed by atoms with Crippen LogP contribution in [0.25, 0.3) is 0 Å². The Morgan fingerprint density at radius 3 is 2.56 bits per heavy atom. The zero-order valence-electron chi connectivity index (χ0n) is 20.0. The van der Waals surface area contributed by atoms with Crippen molar-refractivity contribution in [2.75, 3.05) is 25.1 Å². The maximum absolute atomic E-state index is 12.4. The van der Waals surface area contributed by atoms with Crippen LogP contribution in [0.1, 0.15) is 23.6 Å². The van der Waals surface area contributed by atoms with Crippen molar-refractivity contribution in [3.63, 3.8) is 0 Å². The molecule has 2 N–H and O–H groups in total. The number of hydrogen-bond donors (Lipinski definition) is 2. The third-order valence-electron chi connectivity index (χ3n) is 4.92. The molecule has 36 heavy (non-hydrogen) atoms. The number of carbonyl (C=O) groups is 1. The summed E-state index contributed by atoms with van der Waals surface area (Å²) in [5.41, 5.74) is 3.63. The van der Waals surface area contributed by atoms with Gasteiger partial charge in [-0.3, -0.25) is 4.79 Å². The molecule has 0 radical (unpaired) electrons. The van der Waals surface area contributed by atoms with Gasteiger partial charge in [0.05, 0.1) is 24.4 Å². The van der Waals surface area contributed by atoms with E-state index in [1.165, 1.54) is 18.2 Å². The Morgan fingerprint density at radius 2 is 1.83 bits per heavy atom. The molecule has 0 saturated carbocycles. The fourth-order valence-electron chi connectivity index (χ4n) is 3.25. The molecule has 8 nitrogen and oxygen atoms in total. The maximum atomic E-state index is 12.4. The van der Waals surface area contributed by atoms with Gasteiger partial charge in [-0.25, -0.2) is 13.1 Å². The molecule has 0 atom stereocenters. The van der Waals surface area contributed by atoms with Crippen LogP contribution in [0.15, 0.2) is 76.8 Å². The van der Waals surface area contributed by atoms with E-state index in [1.807, 2.05) is 55.0 Å². The molecule has 0 heterocycles. The van der Waals surface area contributed by atoms with Crippen LogP contribution in [0.4, 0.5) is 5.69 Å². The van der Waals surface area contributed by atoms with E-state index in [1.54, 1.807) is 18.3 Å². The molecular weight excluding hydrogens is 502 g/mol. The number of aryl methyl sites for hydroxylation is 1. The summed E-state index contributed by atoms with van der Waals surface area (Å²) in [6, 6.07) is 19.4. The lowest BCUT2D eigenvalue weighted by Gasteiger charge is -2.12. The van der Waals surface area contributed by atoms with Crippen molar-refractivity contribution in [3.8, 4) is 5.75 Å². The first-order valence-electron chi connectivity index (χ1n) is 11.3. The first-order valence-corrected chi connectivity index (χ1v) is 13.2. The van der Waals surface area contributed by atoms with Gasteiger partial charge < -0.3 is 14.9 Å². The van der Waals surface area contributed by atoms with Crippen molar-refractivity contribution in [2.24, 2.45) is 5.16 Å². The highest BCUT2D eigenvalue weighted by Gasteiger charge is 2.20. The third kappa shape index (κ3) is 8.28. The first kappa shape index (κ1) is 27.0. The average molecular weight is 530 g/mol. The molecule has 0 fully saturated rings. The van der Waals surface area contributed by atoms with E-state index in [-0.39, 0.29) is 16.5 Å². The highest BCUT2D eigenvalue weighted by atomic mass is 35.5. The van der Waals surface area contributed by atoms with E-state index >= 15 is 0 Å². The predicted octanol–water partition coefficient (Wildman–Crippen LogP) is 4.56. The van der Waals surface area contributed by atoms with Crippen LogP contribution >= 0.6 is 11.6 Å².